The average molecular weight is 532 g/mol. The molecular formula is C26H27F2N3O5S. The van der Waals surface area contributed by atoms with Gasteiger partial charge in [0.05, 0.1) is 36.1 Å². The minimum absolute atomic E-state index is 0.0713. The van der Waals surface area contributed by atoms with Crippen molar-refractivity contribution in [2.24, 2.45) is 0 Å². The van der Waals surface area contributed by atoms with Crippen LogP contribution in [0.1, 0.15) is 10.4 Å². The number of halogens is 2. The molecule has 1 saturated heterocycles. The van der Waals surface area contributed by atoms with Crippen LogP contribution >= 0.6 is 0 Å². The molecule has 37 heavy (non-hydrogen) atoms. The highest BCUT2D eigenvalue weighted by Gasteiger charge is 2.28. The Kier molecular flexibility index (Phi) is 7.53. The highest BCUT2D eigenvalue weighted by Crippen LogP contribution is 2.34. The lowest BCUT2D eigenvalue weighted by Crippen LogP contribution is -2.49. The quantitative estimate of drug-likeness (QED) is 0.462. The van der Waals surface area contributed by atoms with Gasteiger partial charge < -0.3 is 19.3 Å². The Morgan fingerprint density at radius 2 is 1.57 bits per heavy atom. The molecule has 8 nitrogen and oxygen atoms in total. The molecule has 3 aromatic rings. The second kappa shape index (κ2) is 10.6. The zero-order valence-electron chi connectivity index (χ0n) is 20.6. The molecule has 1 heterocycles. The molecule has 196 valence electrons. The van der Waals surface area contributed by atoms with E-state index < -0.39 is 27.6 Å². The van der Waals surface area contributed by atoms with Crippen molar-refractivity contribution in [2.45, 2.75) is 4.90 Å². The van der Waals surface area contributed by atoms with Crippen LogP contribution in [0, 0.1) is 11.6 Å². The van der Waals surface area contributed by atoms with E-state index in [-0.39, 0.29) is 23.5 Å². The van der Waals surface area contributed by atoms with E-state index in [4.69, 9.17) is 9.47 Å². The van der Waals surface area contributed by atoms with Gasteiger partial charge in [0.2, 0.25) is 0 Å². The van der Waals surface area contributed by atoms with Gasteiger partial charge in [-0.25, -0.2) is 17.2 Å². The Morgan fingerprint density at radius 3 is 2.19 bits per heavy atom. The van der Waals surface area contributed by atoms with Crippen molar-refractivity contribution in [3.8, 4) is 11.5 Å². The van der Waals surface area contributed by atoms with E-state index in [0.717, 1.165) is 18.2 Å². The number of hydrogen-bond acceptors (Lipinski definition) is 6. The van der Waals surface area contributed by atoms with E-state index in [2.05, 4.69) is 0 Å². The highest BCUT2D eigenvalue weighted by atomic mass is 32.2. The molecule has 1 fully saturated rings. The van der Waals surface area contributed by atoms with Gasteiger partial charge in [0.1, 0.15) is 23.1 Å². The molecule has 3 aromatic carbocycles. The van der Waals surface area contributed by atoms with E-state index in [1.165, 1.54) is 42.6 Å². The number of piperazine rings is 1. The maximum absolute atomic E-state index is 14.1. The summed E-state index contributed by atoms with van der Waals surface area (Å²) in [4.78, 5) is 16.2. The highest BCUT2D eigenvalue weighted by molar-refractivity contribution is 7.92. The number of carbonyl (C=O) groups excluding carboxylic acids is 1. The average Bonchev–Trinajstić information content (AvgIpc) is 2.93. The van der Waals surface area contributed by atoms with Gasteiger partial charge in [0, 0.05) is 33.2 Å². The SMILES string of the molecule is COc1ccc(N(C)S(=O)(=O)c2ccc(OC)c(N3CCN(C(=O)c4cc(F)ccc4F)CC3)c2)cc1. The normalized spacial score (nSPS) is 13.9. The number of carbonyl (C=O) groups is 1. The predicted octanol–water partition coefficient (Wildman–Crippen LogP) is 3.77. The van der Waals surface area contributed by atoms with Gasteiger partial charge in [-0.1, -0.05) is 0 Å². The van der Waals surface area contributed by atoms with Crippen LogP contribution in [0.15, 0.2) is 65.6 Å². The van der Waals surface area contributed by atoms with Crippen LogP contribution in [0.3, 0.4) is 0 Å². The molecule has 1 aliphatic heterocycles. The molecule has 1 amide bonds. The van der Waals surface area contributed by atoms with Gasteiger partial charge in [0.25, 0.3) is 15.9 Å². The van der Waals surface area contributed by atoms with Crippen LogP contribution in [0.4, 0.5) is 20.2 Å². The number of benzene rings is 3. The number of amides is 1. The molecule has 0 aliphatic carbocycles. The number of sulfonamides is 1. The smallest absolute Gasteiger partial charge is 0.264 e. The minimum Gasteiger partial charge on any atom is -0.497 e. The summed E-state index contributed by atoms with van der Waals surface area (Å²) in [5, 5.41) is 0. The lowest BCUT2D eigenvalue weighted by Gasteiger charge is -2.37. The Balaban J connectivity index is 1.54. The Labute approximate surface area is 214 Å². The van der Waals surface area contributed by atoms with Crippen LogP contribution in [-0.4, -0.2) is 66.7 Å². The number of ether oxygens (including phenoxy) is 2. The van der Waals surface area contributed by atoms with E-state index in [9.17, 15) is 22.0 Å². The summed E-state index contributed by atoms with van der Waals surface area (Å²) < 4.78 is 66.2. The van der Waals surface area contributed by atoms with Crippen molar-refractivity contribution >= 4 is 27.3 Å². The van der Waals surface area contributed by atoms with Gasteiger partial charge in [-0.15, -0.1) is 0 Å². The molecule has 0 saturated carbocycles. The fourth-order valence-corrected chi connectivity index (χ4v) is 5.36. The standard InChI is InChI=1S/C26H27F2N3O5S/c1-29(19-5-7-20(35-2)8-6-19)37(33,34)21-9-11-25(36-3)24(17-21)30-12-14-31(15-13-30)26(32)22-16-18(27)4-10-23(22)28/h4-11,16-17H,12-15H2,1-3H3. The Morgan fingerprint density at radius 1 is 0.892 bits per heavy atom. The fourth-order valence-electron chi connectivity index (χ4n) is 4.15. The summed E-state index contributed by atoms with van der Waals surface area (Å²) in [6, 6.07) is 14.0. The number of anilines is 2. The monoisotopic (exact) mass is 531 g/mol. The first-order valence-electron chi connectivity index (χ1n) is 11.5. The molecule has 11 heteroatoms. The zero-order valence-corrected chi connectivity index (χ0v) is 21.5. The van der Waals surface area contributed by atoms with Crippen LogP contribution < -0.4 is 18.7 Å². The van der Waals surface area contributed by atoms with Crippen molar-refractivity contribution in [2.75, 3.05) is 56.7 Å². The maximum Gasteiger partial charge on any atom is 0.264 e. The summed E-state index contributed by atoms with van der Waals surface area (Å²) in [6.07, 6.45) is 0. The van der Waals surface area contributed by atoms with Crippen molar-refractivity contribution in [3.05, 3.63) is 77.9 Å². The molecule has 0 radical (unpaired) electrons. The van der Waals surface area contributed by atoms with Crippen molar-refractivity contribution in [1.29, 1.82) is 0 Å². The molecular weight excluding hydrogens is 504 g/mol. The van der Waals surface area contributed by atoms with Gasteiger partial charge >= 0.3 is 0 Å². The van der Waals surface area contributed by atoms with Crippen LogP contribution in [-0.2, 0) is 10.0 Å². The van der Waals surface area contributed by atoms with E-state index in [0.29, 0.717) is 36.0 Å². The second-order valence-corrected chi connectivity index (χ2v) is 10.4. The molecule has 0 N–H and O–H groups in total. The first-order chi connectivity index (χ1) is 17.6. The van der Waals surface area contributed by atoms with E-state index in [1.54, 1.807) is 30.3 Å². The Bertz CT molecular complexity index is 1390. The summed E-state index contributed by atoms with van der Waals surface area (Å²) in [6.45, 7) is 1.16. The molecule has 1 aliphatic rings. The third kappa shape index (κ3) is 5.31. The van der Waals surface area contributed by atoms with Crippen molar-refractivity contribution in [1.82, 2.24) is 4.90 Å². The summed E-state index contributed by atoms with van der Waals surface area (Å²) >= 11 is 0. The zero-order chi connectivity index (χ0) is 26.7. The lowest BCUT2D eigenvalue weighted by molar-refractivity contribution is 0.0741. The van der Waals surface area contributed by atoms with Gasteiger partial charge in [-0.2, -0.15) is 0 Å². The first kappa shape index (κ1) is 26.2. The maximum atomic E-state index is 14.1. The third-order valence-corrected chi connectivity index (χ3v) is 8.09. The second-order valence-electron chi connectivity index (χ2n) is 8.41. The van der Waals surface area contributed by atoms with Gasteiger partial charge in [0.15, 0.2) is 0 Å². The topological polar surface area (TPSA) is 79.4 Å². The number of hydrogen-bond donors (Lipinski definition) is 0. The molecule has 0 bridgehead atoms. The van der Waals surface area contributed by atoms with Gasteiger partial charge in [-0.05, 0) is 60.7 Å². The van der Waals surface area contributed by atoms with Crippen LogP contribution in [0.25, 0.3) is 0 Å². The number of methoxy groups -OCH3 is 2. The largest absolute Gasteiger partial charge is 0.497 e. The number of rotatable bonds is 7. The van der Waals surface area contributed by atoms with Crippen LogP contribution in [0.5, 0.6) is 11.5 Å². The fraction of sp³-hybridized carbons (Fsp3) is 0.269. The molecule has 0 spiro atoms. The lowest BCUT2D eigenvalue weighted by atomic mass is 10.1. The van der Waals surface area contributed by atoms with Gasteiger partial charge in [-0.3, -0.25) is 9.10 Å². The minimum atomic E-state index is -3.90. The summed E-state index contributed by atoms with van der Waals surface area (Å²) in [5.41, 5.74) is 0.700. The van der Waals surface area contributed by atoms with Crippen LogP contribution in [0.2, 0.25) is 0 Å². The molecule has 4 rings (SSSR count). The Hall–Kier alpha value is -3.86. The summed E-state index contributed by atoms with van der Waals surface area (Å²) in [5.74, 6) is -0.984. The van der Waals surface area contributed by atoms with E-state index >= 15 is 0 Å². The number of nitrogens with zero attached hydrogens (tertiary/aromatic N) is 3. The molecule has 0 aromatic heterocycles. The van der Waals surface area contributed by atoms with Crippen molar-refractivity contribution in [3.63, 3.8) is 0 Å². The molecule has 0 atom stereocenters. The third-order valence-electron chi connectivity index (χ3n) is 6.31. The molecule has 0 unspecified atom stereocenters. The predicted molar refractivity (Wildman–Crippen MR) is 136 cm³/mol. The summed E-state index contributed by atoms with van der Waals surface area (Å²) in [7, 11) is 0.592. The van der Waals surface area contributed by atoms with E-state index in [1.807, 2.05) is 4.90 Å². The van der Waals surface area contributed by atoms with Crippen molar-refractivity contribution < 1.29 is 31.5 Å². The first-order valence-corrected chi connectivity index (χ1v) is 12.9.